The maximum atomic E-state index is 7.62. The van der Waals surface area contributed by atoms with E-state index in [0.717, 1.165) is 6.61 Å². The van der Waals surface area contributed by atoms with Crippen LogP contribution < -0.4 is 0 Å². The van der Waals surface area contributed by atoms with Crippen LogP contribution in [0.15, 0.2) is 0 Å². The van der Waals surface area contributed by atoms with Crippen molar-refractivity contribution < 1.29 is 14.9 Å². The Bertz CT molecular complexity index is 90.2. The first-order chi connectivity index (χ1) is 6.35. The lowest BCUT2D eigenvalue weighted by Crippen LogP contribution is -1.95. The van der Waals surface area contributed by atoms with Crippen LogP contribution in [-0.4, -0.2) is 36.1 Å². The number of ether oxygens (including phenoxy) is 1. The second-order valence-electron chi connectivity index (χ2n) is 3.22. The van der Waals surface area contributed by atoms with Crippen molar-refractivity contribution in [1.29, 1.82) is 0 Å². The fourth-order valence-corrected chi connectivity index (χ4v) is 0.837. The van der Waals surface area contributed by atoms with Gasteiger partial charge < -0.3 is 14.9 Å². The molecule has 1 rings (SSSR count). The van der Waals surface area contributed by atoms with Gasteiger partial charge in [0.2, 0.25) is 0 Å². The third-order valence-corrected chi connectivity index (χ3v) is 1.73. The maximum Gasteiger partial charge on any atom is 0.0662 e. The van der Waals surface area contributed by atoms with E-state index in [-0.39, 0.29) is 13.2 Å². The number of hydrogen-bond donors (Lipinski definition) is 2. The van der Waals surface area contributed by atoms with E-state index in [2.05, 4.69) is 6.92 Å². The zero-order valence-electron chi connectivity index (χ0n) is 8.54. The van der Waals surface area contributed by atoms with E-state index in [1.807, 2.05) is 0 Å². The fraction of sp³-hybridized carbons (Fsp3) is 1.00. The molecule has 0 aromatic rings. The number of unbranched alkanes of at least 4 members (excludes halogenated alkanes) is 2. The van der Waals surface area contributed by atoms with Crippen molar-refractivity contribution in [1.82, 2.24) is 0 Å². The van der Waals surface area contributed by atoms with Gasteiger partial charge >= 0.3 is 0 Å². The Morgan fingerprint density at radius 1 is 1.15 bits per heavy atom. The van der Waals surface area contributed by atoms with Crippen molar-refractivity contribution in [3.05, 3.63) is 0 Å². The Morgan fingerprint density at radius 2 is 1.77 bits per heavy atom. The molecule has 1 aliphatic rings. The van der Waals surface area contributed by atoms with Gasteiger partial charge in [-0.25, -0.2) is 0 Å². The van der Waals surface area contributed by atoms with Crippen LogP contribution in [0.2, 0.25) is 0 Å². The minimum absolute atomic E-state index is 0.125. The highest BCUT2D eigenvalue weighted by Gasteiger charge is 2.21. The Balaban J connectivity index is 0.000000310. The van der Waals surface area contributed by atoms with Gasteiger partial charge in [0.15, 0.2) is 0 Å². The van der Waals surface area contributed by atoms with E-state index in [4.69, 9.17) is 14.9 Å². The number of aliphatic hydroxyl groups is 2. The highest BCUT2D eigenvalue weighted by atomic mass is 16.5. The minimum Gasteiger partial charge on any atom is -0.394 e. The third kappa shape index (κ3) is 11.9. The SMILES string of the molecule is CCCCCOC1CC1.OCCO. The summed E-state index contributed by atoms with van der Waals surface area (Å²) in [5, 5.41) is 15.2. The molecule has 0 aliphatic heterocycles. The molecule has 0 saturated heterocycles. The van der Waals surface area contributed by atoms with Gasteiger partial charge in [-0.05, 0) is 19.3 Å². The van der Waals surface area contributed by atoms with Crippen molar-refractivity contribution in [3.63, 3.8) is 0 Å². The van der Waals surface area contributed by atoms with Crippen LogP contribution >= 0.6 is 0 Å². The summed E-state index contributed by atoms with van der Waals surface area (Å²) in [5.41, 5.74) is 0. The Morgan fingerprint density at radius 3 is 2.15 bits per heavy atom. The molecule has 80 valence electrons. The highest BCUT2D eigenvalue weighted by Crippen LogP contribution is 2.23. The van der Waals surface area contributed by atoms with E-state index in [0.29, 0.717) is 6.10 Å². The third-order valence-electron chi connectivity index (χ3n) is 1.73. The summed E-state index contributed by atoms with van der Waals surface area (Å²) in [4.78, 5) is 0. The van der Waals surface area contributed by atoms with Crippen molar-refractivity contribution in [2.45, 2.75) is 45.1 Å². The van der Waals surface area contributed by atoms with E-state index in [1.54, 1.807) is 0 Å². The van der Waals surface area contributed by atoms with Crippen LogP contribution in [0.5, 0.6) is 0 Å². The number of hydrogen-bond acceptors (Lipinski definition) is 3. The van der Waals surface area contributed by atoms with Crippen molar-refractivity contribution in [2.24, 2.45) is 0 Å². The lowest BCUT2D eigenvalue weighted by molar-refractivity contribution is 0.116. The largest absolute Gasteiger partial charge is 0.394 e. The van der Waals surface area contributed by atoms with E-state index in [1.165, 1.54) is 32.1 Å². The summed E-state index contributed by atoms with van der Waals surface area (Å²) in [6.45, 7) is 2.97. The molecule has 13 heavy (non-hydrogen) atoms. The van der Waals surface area contributed by atoms with Crippen LogP contribution in [0.1, 0.15) is 39.0 Å². The van der Waals surface area contributed by atoms with Gasteiger partial charge in [0, 0.05) is 6.61 Å². The first-order valence-corrected chi connectivity index (χ1v) is 5.18. The molecule has 3 nitrogen and oxygen atoms in total. The Kier molecular flexibility index (Phi) is 9.87. The lowest BCUT2D eigenvalue weighted by Gasteiger charge is -1.98. The molecular weight excluding hydrogens is 168 g/mol. The summed E-state index contributed by atoms with van der Waals surface area (Å²) in [7, 11) is 0. The summed E-state index contributed by atoms with van der Waals surface area (Å²) in [5.74, 6) is 0. The topological polar surface area (TPSA) is 49.7 Å². The van der Waals surface area contributed by atoms with Gasteiger partial charge in [-0.15, -0.1) is 0 Å². The van der Waals surface area contributed by atoms with Gasteiger partial charge in [0.1, 0.15) is 0 Å². The molecule has 1 aliphatic carbocycles. The molecule has 0 heterocycles. The quantitative estimate of drug-likeness (QED) is 0.621. The highest BCUT2D eigenvalue weighted by molar-refractivity contribution is 4.72. The average molecular weight is 190 g/mol. The van der Waals surface area contributed by atoms with Crippen LogP contribution in [0.4, 0.5) is 0 Å². The predicted molar refractivity (Wildman–Crippen MR) is 52.7 cm³/mol. The molecule has 3 heteroatoms. The summed E-state index contributed by atoms with van der Waals surface area (Å²) in [6.07, 6.45) is 7.16. The second-order valence-corrected chi connectivity index (χ2v) is 3.22. The van der Waals surface area contributed by atoms with E-state index < -0.39 is 0 Å². The molecule has 1 saturated carbocycles. The smallest absolute Gasteiger partial charge is 0.0662 e. The maximum absolute atomic E-state index is 7.62. The van der Waals surface area contributed by atoms with Crippen molar-refractivity contribution in [2.75, 3.05) is 19.8 Å². The summed E-state index contributed by atoms with van der Waals surface area (Å²) >= 11 is 0. The molecular formula is C10H22O3. The zero-order valence-corrected chi connectivity index (χ0v) is 8.54. The standard InChI is InChI=1S/C8H16O.C2H6O2/c1-2-3-4-7-9-8-5-6-8;3-1-2-4/h8H,2-7H2,1H3;3-4H,1-2H2. The molecule has 0 unspecified atom stereocenters. The monoisotopic (exact) mass is 190 g/mol. The first kappa shape index (κ1) is 12.9. The lowest BCUT2D eigenvalue weighted by atomic mass is 10.3. The molecule has 0 bridgehead atoms. The van der Waals surface area contributed by atoms with Gasteiger partial charge in [0.05, 0.1) is 19.3 Å². The number of rotatable bonds is 6. The van der Waals surface area contributed by atoms with Crippen LogP contribution in [-0.2, 0) is 4.74 Å². The van der Waals surface area contributed by atoms with Gasteiger partial charge in [-0.2, -0.15) is 0 Å². The fourth-order valence-electron chi connectivity index (χ4n) is 0.837. The predicted octanol–water partition coefficient (Wildman–Crippen LogP) is 1.33. The van der Waals surface area contributed by atoms with Gasteiger partial charge in [-0.1, -0.05) is 19.8 Å². The Labute approximate surface area is 80.7 Å². The average Bonchev–Trinajstić information content (AvgIpc) is 2.97. The molecule has 0 spiro atoms. The second kappa shape index (κ2) is 9.96. The molecule has 0 amide bonds. The van der Waals surface area contributed by atoms with Gasteiger partial charge in [-0.3, -0.25) is 0 Å². The van der Waals surface area contributed by atoms with Crippen molar-refractivity contribution >= 4 is 0 Å². The Hall–Kier alpha value is -0.120. The summed E-state index contributed by atoms with van der Waals surface area (Å²) in [6, 6.07) is 0. The normalized spacial score (nSPS) is 15.0. The molecule has 0 aromatic heterocycles. The van der Waals surface area contributed by atoms with Crippen molar-refractivity contribution in [3.8, 4) is 0 Å². The molecule has 1 fully saturated rings. The van der Waals surface area contributed by atoms with E-state index >= 15 is 0 Å². The minimum atomic E-state index is -0.125. The van der Waals surface area contributed by atoms with Crippen LogP contribution in [0, 0.1) is 0 Å². The molecule has 0 atom stereocenters. The van der Waals surface area contributed by atoms with E-state index in [9.17, 15) is 0 Å². The zero-order chi connectivity index (χ0) is 9.94. The molecule has 2 N–H and O–H groups in total. The molecule has 0 aromatic carbocycles. The number of aliphatic hydroxyl groups excluding tert-OH is 2. The first-order valence-electron chi connectivity index (χ1n) is 5.18. The van der Waals surface area contributed by atoms with Crippen LogP contribution in [0.25, 0.3) is 0 Å². The van der Waals surface area contributed by atoms with Crippen LogP contribution in [0.3, 0.4) is 0 Å². The summed E-state index contributed by atoms with van der Waals surface area (Å²) < 4.78 is 5.46. The van der Waals surface area contributed by atoms with Gasteiger partial charge in [0.25, 0.3) is 0 Å². The molecule has 0 radical (unpaired) electrons.